The Kier molecular flexibility index (Phi) is 4.61. The van der Waals surface area contributed by atoms with Gasteiger partial charge in [-0.3, -0.25) is 9.59 Å². The number of nitrogens with one attached hydrogen (secondary N) is 1. The van der Waals surface area contributed by atoms with Gasteiger partial charge in [0, 0.05) is 23.9 Å². The number of aryl methyl sites for hydroxylation is 2. The molecule has 3 rings (SSSR count). The molecular formula is C17H21N3O2S. The quantitative estimate of drug-likeness (QED) is 0.934. The predicted molar refractivity (Wildman–Crippen MR) is 90.5 cm³/mol. The third-order valence-corrected chi connectivity index (χ3v) is 5.42. The summed E-state index contributed by atoms with van der Waals surface area (Å²) in [5.41, 5.74) is 1.75. The van der Waals surface area contributed by atoms with Crippen LogP contribution in [0.2, 0.25) is 0 Å². The van der Waals surface area contributed by atoms with E-state index >= 15 is 0 Å². The average Bonchev–Trinajstić information content (AvgIpc) is 3.07. The molecule has 2 aromatic heterocycles. The van der Waals surface area contributed by atoms with Crippen LogP contribution in [0.1, 0.15) is 41.9 Å². The molecule has 1 aliphatic rings. The first kappa shape index (κ1) is 15.9. The van der Waals surface area contributed by atoms with Crippen LogP contribution < -0.4 is 10.9 Å². The van der Waals surface area contributed by atoms with Crippen molar-refractivity contribution in [1.29, 1.82) is 0 Å². The lowest BCUT2D eigenvalue weighted by atomic mass is 9.86. The lowest BCUT2D eigenvalue weighted by molar-refractivity contribution is -0.126. The van der Waals surface area contributed by atoms with Crippen molar-refractivity contribution in [2.75, 3.05) is 0 Å². The molecule has 2 heterocycles. The van der Waals surface area contributed by atoms with Crippen LogP contribution in [0.15, 0.2) is 28.4 Å². The van der Waals surface area contributed by atoms with Gasteiger partial charge in [0.15, 0.2) is 0 Å². The van der Waals surface area contributed by atoms with Gasteiger partial charge in [-0.1, -0.05) is 13.0 Å². The second kappa shape index (κ2) is 6.66. The largest absolute Gasteiger partial charge is 0.348 e. The van der Waals surface area contributed by atoms with Crippen molar-refractivity contribution in [1.82, 2.24) is 15.1 Å². The van der Waals surface area contributed by atoms with Crippen LogP contribution in [-0.2, 0) is 24.7 Å². The molecule has 0 aromatic carbocycles. The number of carbonyl (C=O) groups is 1. The van der Waals surface area contributed by atoms with E-state index in [0.29, 0.717) is 6.42 Å². The van der Waals surface area contributed by atoms with Crippen molar-refractivity contribution in [2.45, 2.75) is 38.6 Å². The number of hydrogen-bond donors (Lipinski definition) is 1. The molecule has 1 aliphatic carbocycles. The van der Waals surface area contributed by atoms with Gasteiger partial charge in [0.05, 0.1) is 11.7 Å². The van der Waals surface area contributed by atoms with Gasteiger partial charge in [0.1, 0.15) is 0 Å². The van der Waals surface area contributed by atoms with Gasteiger partial charge in [-0.25, -0.2) is 4.68 Å². The topological polar surface area (TPSA) is 64.0 Å². The molecule has 1 amide bonds. The van der Waals surface area contributed by atoms with Crippen LogP contribution in [-0.4, -0.2) is 15.7 Å². The Hall–Kier alpha value is -1.95. The highest BCUT2D eigenvalue weighted by atomic mass is 32.1. The molecule has 0 saturated heterocycles. The maximum atomic E-state index is 12.6. The normalized spacial score (nSPS) is 18.3. The fraction of sp³-hybridized carbons (Fsp3) is 0.471. The Bertz CT molecular complexity index is 752. The van der Waals surface area contributed by atoms with Crippen molar-refractivity contribution in [3.05, 3.63) is 50.1 Å². The molecule has 23 heavy (non-hydrogen) atoms. The number of amides is 1. The first-order chi connectivity index (χ1) is 11.1. The van der Waals surface area contributed by atoms with Crippen LogP contribution in [0.4, 0.5) is 0 Å². The van der Waals surface area contributed by atoms with E-state index in [1.54, 1.807) is 24.5 Å². The summed E-state index contributed by atoms with van der Waals surface area (Å²) >= 11 is 1.67. The van der Waals surface area contributed by atoms with Gasteiger partial charge in [-0.15, -0.1) is 11.3 Å². The zero-order valence-corrected chi connectivity index (χ0v) is 14.2. The summed E-state index contributed by atoms with van der Waals surface area (Å²) in [6.45, 7) is 2.08. The maximum Gasteiger partial charge on any atom is 0.266 e. The molecule has 1 N–H and O–H groups in total. The maximum absolute atomic E-state index is 12.6. The summed E-state index contributed by atoms with van der Waals surface area (Å²) < 4.78 is 1.36. The van der Waals surface area contributed by atoms with E-state index in [2.05, 4.69) is 23.4 Å². The van der Waals surface area contributed by atoms with E-state index < -0.39 is 0 Å². The molecule has 5 nitrogen and oxygen atoms in total. The summed E-state index contributed by atoms with van der Waals surface area (Å²) in [5.74, 6) is 0.00185. The highest BCUT2D eigenvalue weighted by molar-refractivity contribution is 7.10. The third kappa shape index (κ3) is 3.37. The van der Waals surface area contributed by atoms with Crippen molar-refractivity contribution in [3.63, 3.8) is 0 Å². The molecule has 2 atom stereocenters. The Morgan fingerprint density at radius 1 is 1.57 bits per heavy atom. The number of carbonyl (C=O) groups excluding carboxylic acids is 1. The summed E-state index contributed by atoms with van der Waals surface area (Å²) in [6, 6.07) is 5.76. The molecule has 2 unspecified atom stereocenters. The molecule has 2 aromatic rings. The monoisotopic (exact) mass is 331 g/mol. The zero-order valence-electron chi connectivity index (χ0n) is 13.4. The number of thiophene rings is 1. The molecule has 6 heteroatoms. The van der Waals surface area contributed by atoms with Crippen LogP contribution in [0.5, 0.6) is 0 Å². The Morgan fingerprint density at radius 3 is 3.09 bits per heavy atom. The Labute approximate surface area is 139 Å². The molecule has 0 aliphatic heterocycles. The zero-order chi connectivity index (χ0) is 16.4. The fourth-order valence-electron chi connectivity index (χ4n) is 3.06. The summed E-state index contributed by atoms with van der Waals surface area (Å²) in [4.78, 5) is 25.5. The molecule has 0 saturated carbocycles. The number of nitrogens with zero attached hydrogens (tertiary/aromatic N) is 2. The summed E-state index contributed by atoms with van der Waals surface area (Å²) in [5, 5.41) is 9.49. The van der Waals surface area contributed by atoms with E-state index in [9.17, 15) is 9.59 Å². The molecular weight excluding hydrogens is 310 g/mol. The second-order valence-electron chi connectivity index (χ2n) is 6.00. The standard InChI is InChI=1S/C17H21N3O2S/c1-3-13(15-5-4-8-23-15)18-17(22)11-6-7-14-12(9-11)10-16(21)20(2)19-14/h4-5,8,10-11,13H,3,6-7,9H2,1-2H3,(H,18,22). The number of aromatic nitrogens is 2. The van der Waals surface area contributed by atoms with E-state index in [1.165, 1.54) is 9.56 Å². The number of hydrogen-bond acceptors (Lipinski definition) is 4. The van der Waals surface area contributed by atoms with Crippen LogP contribution in [0.25, 0.3) is 0 Å². The van der Waals surface area contributed by atoms with E-state index in [0.717, 1.165) is 30.5 Å². The van der Waals surface area contributed by atoms with E-state index in [1.807, 2.05) is 11.4 Å². The minimum Gasteiger partial charge on any atom is -0.348 e. The number of fused-ring (bicyclic) bond motifs is 1. The first-order valence-corrected chi connectivity index (χ1v) is 8.86. The smallest absolute Gasteiger partial charge is 0.266 e. The lowest BCUT2D eigenvalue weighted by Crippen LogP contribution is -2.37. The van der Waals surface area contributed by atoms with E-state index in [4.69, 9.17) is 0 Å². The highest BCUT2D eigenvalue weighted by Gasteiger charge is 2.27. The van der Waals surface area contributed by atoms with Gasteiger partial charge in [0.25, 0.3) is 5.56 Å². The van der Waals surface area contributed by atoms with Gasteiger partial charge < -0.3 is 5.32 Å². The predicted octanol–water partition coefficient (Wildman–Crippen LogP) is 2.21. The SMILES string of the molecule is CCC(NC(=O)C1CCc2nn(C)c(=O)cc2C1)c1cccs1. The van der Waals surface area contributed by atoms with Crippen LogP contribution in [0.3, 0.4) is 0 Å². The van der Waals surface area contributed by atoms with Crippen molar-refractivity contribution >= 4 is 17.2 Å². The Morgan fingerprint density at radius 2 is 2.39 bits per heavy atom. The number of rotatable bonds is 4. The Balaban J connectivity index is 1.71. The summed E-state index contributed by atoms with van der Waals surface area (Å²) in [6.07, 6.45) is 3.00. The molecule has 0 bridgehead atoms. The lowest BCUT2D eigenvalue weighted by Gasteiger charge is -2.25. The van der Waals surface area contributed by atoms with Crippen LogP contribution in [0, 0.1) is 5.92 Å². The minimum absolute atomic E-state index is 0.0747. The third-order valence-electron chi connectivity index (χ3n) is 4.44. The average molecular weight is 331 g/mol. The molecule has 0 spiro atoms. The van der Waals surface area contributed by atoms with Crippen LogP contribution >= 0.6 is 11.3 Å². The van der Waals surface area contributed by atoms with Crippen molar-refractivity contribution in [3.8, 4) is 0 Å². The minimum atomic E-state index is -0.116. The van der Waals surface area contributed by atoms with Gasteiger partial charge >= 0.3 is 0 Å². The van der Waals surface area contributed by atoms with Crippen molar-refractivity contribution < 1.29 is 4.79 Å². The fourth-order valence-corrected chi connectivity index (χ4v) is 3.92. The molecule has 0 radical (unpaired) electrons. The highest BCUT2D eigenvalue weighted by Crippen LogP contribution is 2.26. The molecule has 122 valence electrons. The summed E-state index contributed by atoms with van der Waals surface area (Å²) in [7, 11) is 1.66. The first-order valence-electron chi connectivity index (χ1n) is 7.98. The van der Waals surface area contributed by atoms with Crippen molar-refractivity contribution in [2.24, 2.45) is 13.0 Å². The van der Waals surface area contributed by atoms with Gasteiger partial charge in [-0.2, -0.15) is 5.10 Å². The molecule has 0 fully saturated rings. The van der Waals surface area contributed by atoms with E-state index in [-0.39, 0.29) is 23.4 Å². The van der Waals surface area contributed by atoms with Gasteiger partial charge in [0.2, 0.25) is 5.91 Å². The second-order valence-corrected chi connectivity index (χ2v) is 6.98. The van der Waals surface area contributed by atoms with Gasteiger partial charge in [-0.05, 0) is 42.7 Å².